The first kappa shape index (κ1) is 15.9. The van der Waals surface area contributed by atoms with E-state index in [9.17, 15) is 4.79 Å². The molecule has 6 heteroatoms. The van der Waals surface area contributed by atoms with Gasteiger partial charge in [0.05, 0.1) is 17.5 Å². The minimum Gasteiger partial charge on any atom is -0.478 e. The third-order valence-corrected chi connectivity index (χ3v) is 4.20. The minimum atomic E-state index is -0.934. The molecular weight excluding hydrogens is 322 g/mol. The SMILES string of the molecule is Cc1cc(C(=O)O)ccc1C=NNc1nc(-c2ccccc2)cs1. The number of carbonyl (C=O) groups is 1. The van der Waals surface area contributed by atoms with E-state index in [0.717, 1.165) is 22.4 Å². The van der Waals surface area contributed by atoms with E-state index in [4.69, 9.17) is 5.11 Å². The summed E-state index contributed by atoms with van der Waals surface area (Å²) in [6.07, 6.45) is 1.66. The Labute approximate surface area is 143 Å². The summed E-state index contributed by atoms with van der Waals surface area (Å²) in [5.41, 5.74) is 6.85. The van der Waals surface area contributed by atoms with Crippen LogP contribution in [0.2, 0.25) is 0 Å². The molecule has 1 heterocycles. The van der Waals surface area contributed by atoms with Crippen molar-refractivity contribution < 1.29 is 9.90 Å². The molecule has 0 amide bonds. The van der Waals surface area contributed by atoms with Crippen LogP contribution in [0.5, 0.6) is 0 Å². The second-order valence-corrected chi connectivity index (χ2v) is 6.01. The molecule has 2 aromatic carbocycles. The van der Waals surface area contributed by atoms with Gasteiger partial charge in [0, 0.05) is 10.9 Å². The van der Waals surface area contributed by atoms with Gasteiger partial charge in [-0.25, -0.2) is 9.78 Å². The number of hydrazone groups is 1. The number of carboxylic acids is 1. The zero-order valence-corrected chi connectivity index (χ0v) is 13.7. The molecule has 2 N–H and O–H groups in total. The van der Waals surface area contributed by atoms with Gasteiger partial charge < -0.3 is 5.11 Å². The lowest BCUT2D eigenvalue weighted by molar-refractivity contribution is 0.0697. The molecule has 0 saturated carbocycles. The second-order valence-electron chi connectivity index (χ2n) is 5.15. The average Bonchev–Trinajstić information content (AvgIpc) is 3.06. The maximum atomic E-state index is 10.9. The predicted molar refractivity (Wildman–Crippen MR) is 96.9 cm³/mol. The molecule has 0 aliphatic carbocycles. The Morgan fingerprint density at radius 2 is 2.04 bits per heavy atom. The van der Waals surface area contributed by atoms with Gasteiger partial charge in [0.25, 0.3) is 0 Å². The largest absolute Gasteiger partial charge is 0.478 e. The molecule has 0 radical (unpaired) electrons. The molecule has 0 atom stereocenters. The number of hydrogen-bond donors (Lipinski definition) is 2. The van der Waals surface area contributed by atoms with Gasteiger partial charge in [0.15, 0.2) is 0 Å². The number of rotatable bonds is 5. The smallest absolute Gasteiger partial charge is 0.335 e. The Kier molecular flexibility index (Phi) is 4.67. The summed E-state index contributed by atoms with van der Waals surface area (Å²) in [5.74, 6) is -0.934. The van der Waals surface area contributed by atoms with Crippen LogP contribution < -0.4 is 5.43 Å². The molecule has 24 heavy (non-hydrogen) atoms. The lowest BCUT2D eigenvalue weighted by Gasteiger charge is -2.01. The van der Waals surface area contributed by atoms with Crippen molar-refractivity contribution >= 4 is 28.7 Å². The zero-order chi connectivity index (χ0) is 16.9. The van der Waals surface area contributed by atoms with Gasteiger partial charge in [-0.3, -0.25) is 5.43 Å². The average molecular weight is 337 g/mol. The third-order valence-electron chi connectivity index (χ3n) is 3.45. The van der Waals surface area contributed by atoms with Gasteiger partial charge in [-0.2, -0.15) is 5.10 Å². The van der Waals surface area contributed by atoms with Crippen LogP contribution in [0.1, 0.15) is 21.5 Å². The number of nitrogens with zero attached hydrogens (tertiary/aromatic N) is 2. The number of aromatic carboxylic acids is 1. The van der Waals surface area contributed by atoms with Crippen molar-refractivity contribution in [2.45, 2.75) is 6.92 Å². The highest BCUT2D eigenvalue weighted by atomic mass is 32.1. The predicted octanol–water partition coefficient (Wildman–Crippen LogP) is 4.26. The number of carboxylic acid groups (broad SMARTS) is 1. The van der Waals surface area contributed by atoms with E-state index < -0.39 is 5.97 Å². The molecule has 0 aliphatic heterocycles. The molecule has 0 bridgehead atoms. The molecule has 5 nitrogen and oxygen atoms in total. The Balaban J connectivity index is 1.69. The van der Waals surface area contributed by atoms with E-state index in [2.05, 4.69) is 15.5 Å². The number of aromatic nitrogens is 1. The second kappa shape index (κ2) is 7.06. The van der Waals surface area contributed by atoms with Crippen LogP contribution in [0.4, 0.5) is 5.13 Å². The van der Waals surface area contributed by atoms with E-state index in [0.29, 0.717) is 5.13 Å². The highest BCUT2D eigenvalue weighted by Crippen LogP contribution is 2.24. The molecular formula is C18H15N3O2S. The lowest BCUT2D eigenvalue weighted by atomic mass is 10.1. The minimum absolute atomic E-state index is 0.269. The molecule has 1 aromatic heterocycles. The van der Waals surface area contributed by atoms with E-state index in [-0.39, 0.29) is 5.56 Å². The third kappa shape index (κ3) is 3.67. The van der Waals surface area contributed by atoms with Crippen molar-refractivity contribution in [1.29, 1.82) is 0 Å². The molecule has 0 unspecified atom stereocenters. The number of benzene rings is 2. The van der Waals surface area contributed by atoms with Gasteiger partial charge in [-0.15, -0.1) is 11.3 Å². The van der Waals surface area contributed by atoms with Crippen molar-refractivity contribution in [1.82, 2.24) is 4.98 Å². The van der Waals surface area contributed by atoms with E-state index in [1.165, 1.54) is 11.3 Å². The fourth-order valence-corrected chi connectivity index (χ4v) is 2.85. The standard InChI is InChI=1S/C18H15N3O2S/c1-12-9-14(17(22)23)7-8-15(12)10-19-21-18-20-16(11-24-18)13-5-3-2-4-6-13/h2-11H,1H3,(H,20,21)(H,22,23). The highest BCUT2D eigenvalue weighted by molar-refractivity contribution is 7.14. The summed E-state index contributed by atoms with van der Waals surface area (Å²) >= 11 is 1.48. The maximum Gasteiger partial charge on any atom is 0.335 e. The Hall–Kier alpha value is -2.99. The number of hydrogen-bond acceptors (Lipinski definition) is 5. The monoisotopic (exact) mass is 337 g/mol. The first-order valence-electron chi connectivity index (χ1n) is 7.27. The fraction of sp³-hybridized carbons (Fsp3) is 0.0556. The van der Waals surface area contributed by atoms with Gasteiger partial charge >= 0.3 is 5.97 Å². The first-order chi connectivity index (χ1) is 11.6. The molecule has 120 valence electrons. The van der Waals surface area contributed by atoms with Crippen LogP contribution >= 0.6 is 11.3 Å². The summed E-state index contributed by atoms with van der Waals surface area (Å²) in [4.78, 5) is 15.4. The summed E-state index contributed by atoms with van der Waals surface area (Å²) < 4.78 is 0. The van der Waals surface area contributed by atoms with Crippen LogP contribution in [0.15, 0.2) is 59.0 Å². The Morgan fingerprint density at radius 1 is 1.25 bits per heavy atom. The quantitative estimate of drug-likeness (QED) is 0.539. The molecule has 0 saturated heterocycles. The van der Waals surface area contributed by atoms with Crippen LogP contribution in [-0.2, 0) is 0 Å². The lowest BCUT2D eigenvalue weighted by Crippen LogP contribution is -1.99. The van der Waals surface area contributed by atoms with Crippen LogP contribution in [0, 0.1) is 6.92 Å². The van der Waals surface area contributed by atoms with Gasteiger partial charge in [0.1, 0.15) is 0 Å². The highest BCUT2D eigenvalue weighted by Gasteiger charge is 2.05. The molecule has 0 aliphatic rings. The summed E-state index contributed by atoms with van der Waals surface area (Å²) in [5, 5.41) is 15.8. The summed E-state index contributed by atoms with van der Waals surface area (Å²) in [6, 6.07) is 14.9. The van der Waals surface area contributed by atoms with Gasteiger partial charge in [-0.05, 0) is 30.2 Å². The van der Waals surface area contributed by atoms with Crippen molar-refractivity contribution in [3.05, 3.63) is 70.6 Å². The zero-order valence-electron chi connectivity index (χ0n) is 12.9. The molecule has 3 aromatic rings. The number of anilines is 1. The van der Waals surface area contributed by atoms with E-state index in [1.54, 1.807) is 24.4 Å². The van der Waals surface area contributed by atoms with E-state index in [1.807, 2.05) is 42.6 Å². The number of aryl methyl sites for hydroxylation is 1. The first-order valence-corrected chi connectivity index (χ1v) is 8.15. The van der Waals surface area contributed by atoms with Crippen molar-refractivity contribution in [2.24, 2.45) is 5.10 Å². The van der Waals surface area contributed by atoms with Crippen molar-refractivity contribution in [2.75, 3.05) is 5.43 Å². The number of thiazole rings is 1. The van der Waals surface area contributed by atoms with Crippen LogP contribution in [0.3, 0.4) is 0 Å². The number of nitrogens with one attached hydrogen (secondary N) is 1. The maximum absolute atomic E-state index is 10.9. The molecule has 0 spiro atoms. The van der Waals surface area contributed by atoms with Gasteiger partial charge in [0.2, 0.25) is 5.13 Å². The Morgan fingerprint density at radius 3 is 2.75 bits per heavy atom. The van der Waals surface area contributed by atoms with E-state index >= 15 is 0 Å². The van der Waals surface area contributed by atoms with Crippen LogP contribution in [-0.4, -0.2) is 22.3 Å². The van der Waals surface area contributed by atoms with Gasteiger partial charge in [-0.1, -0.05) is 36.4 Å². The fourth-order valence-electron chi connectivity index (χ4n) is 2.18. The molecule has 0 fully saturated rings. The summed E-state index contributed by atoms with van der Waals surface area (Å²) in [7, 11) is 0. The Bertz CT molecular complexity index is 888. The molecule has 3 rings (SSSR count). The summed E-state index contributed by atoms with van der Waals surface area (Å²) in [6.45, 7) is 1.85. The van der Waals surface area contributed by atoms with Crippen LogP contribution in [0.25, 0.3) is 11.3 Å². The van der Waals surface area contributed by atoms with Crippen molar-refractivity contribution in [3.63, 3.8) is 0 Å². The topological polar surface area (TPSA) is 74.6 Å². The normalized spacial score (nSPS) is 10.9. The van der Waals surface area contributed by atoms with Crippen molar-refractivity contribution in [3.8, 4) is 11.3 Å².